The van der Waals surface area contributed by atoms with Gasteiger partial charge in [-0.05, 0) is 60.2 Å². The number of hydrogen-bond donors (Lipinski definition) is 1. The van der Waals surface area contributed by atoms with Gasteiger partial charge in [0.25, 0.3) is 0 Å². The van der Waals surface area contributed by atoms with E-state index in [0.717, 1.165) is 18.5 Å². The summed E-state index contributed by atoms with van der Waals surface area (Å²) >= 11 is 14.0. The van der Waals surface area contributed by atoms with Gasteiger partial charge >= 0.3 is 6.03 Å². The summed E-state index contributed by atoms with van der Waals surface area (Å²) in [5.41, 5.74) is 2.57. The van der Waals surface area contributed by atoms with Gasteiger partial charge in [-0.3, -0.25) is 9.69 Å². The van der Waals surface area contributed by atoms with E-state index >= 15 is 0 Å². The number of thiophene rings is 1. The Balaban J connectivity index is 1.19. The van der Waals surface area contributed by atoms with E-state index in [0.29, 0.717) is 48.3 Å². The molecule has 200 valence electrons. The van der Waals surface area contributed by atoms with E-state index in [1.807, 2.05) is 17.9 Å². The maximum Gasteiger partial charge on any atom is 0.322 e. The molecule has 10 heteroatoms. The minimum Gasteiger partial charge on any atom is -0.339 e. The molecule has 0 saturated carbocycles. The number of nitrogens with zero attached hydrogens (tertiary/aromatic N) is 3. The highest BCUT2D eigenvalue weighted by molar-refractivity contribution is 7.10. The number of carbonyl (C=O) groups excluding carboxylic acids is 2. The fourth-order valence-electron chi connectivity index (χ4n) is 5.35. The molecule has 3 aromatic rings. The van der Waals surface area contributed by atoms with E-state index in [2.05, 4.69) is 21.7 Å². The summed E-state index contributed by atoms with van der Waals surface area (Å²) in [6, 6.07) is 13.5. The summed E-state index contributed by atoms with van der Waals surface area (Å²) in [7, 11) is 0. The lowest BCUT2D eigenvalue weighted by Crippen LogP contribution is -2.56. The monoisotopic (exact) mass is 574 g/mol. The highest BCUT2D eigenvalue weighted by atomic mass is 35.5. The molecule has 2 aliphatic rings. The Morgan fingerprint density at radius 2 is 1.92 bits per heavy atom. The van der Waals surface area contributed by atoms with Gasteiger partial charge in [0, 0.05) is 50.1 Å². The molecule has 1 aromatic heterocycles. The second-order valence-corrected chi connectivity index (χ2v) is 11.5. The van der Waals surface area contributed by atoms with E-state index < -0.39 is 0 Å². The van der Waals surface area contributed by atoms with Gasteiger partial charge in [-0.1, -0.05) is 41.4 Å². The minimum atomic E-state index is -0.272. The van der Waals surface area contributed by atoms with Crippen LogP contribution in [0.2, 0.25) is 10.0 Å². The average molecular weight is 576 g/mol. The summed E-state index contributed by atoms with van der Waals surface area (Å²) in [5.74, 6) is -0.196. The molecule has 2 atom stereocenters. The van der Waals surface area contributed by atoms with Crippen LogP contribution in [-0.2, 0) is 11.2 Å². The summed E-state index contributed by atoms with van der Waals surface area (Å²) in [4.78, 5) is 33.3. The number of nitrogens with one attached hydrogen (secondary N) is 1. The van der Waals surface area contributed by atoms with Gasteiger partial charge < -0.3 is 15.1 Å². The van der Waals surface area contributed by atoms with Crippen molar-refractivity contribution in [3.63, 3.8) is 0 Å². The zero-order chi connectivity index (χ0) is 26.8. The number of rotatable bonds is 5. The van der Waals surface area contributed by atoms with E-state index in [9.17, 15) is 14.0 Å². The maximum absolute atomic E-state index is 14.1. The largest absolute Gasteiger partial charge is 0.339 e. The lowest BCUT2D eigenvalue weighted by atomic mass is 9.93. The van der Waals surface area contributed by atoms with Crippen LogP contribution in [0.15, 0.2) is 53.9 Å². The zero-order valence-electron chi connectivity index (χ0n) is 21.0. The van der Waals surface area contributed by atoms with Crippen LogP contribution >= 0.6 is 34.5 Å². The summed E-state index contributed by atoms with van der Waals surface area (Å²) in [6.07, 6.45) is 1.29. The number of fused-ring (bicyclic) bond motifs is 1. The molecule has 1 N–H and O–H groups in total. The normalized spacial score (nSPS) is 19.8. The fraction of sp³-hybridized carbons (Fsp3) is 0.357. The molecular formula is C28H29Cl2FN4O2S. The second kappa shape index (κ2) is 11.6. The number of hydrogen-bond acceptors (Lipinski definition) is 4. The molecule has 38 heavy (non-hydrogen) atoms. The molecule has 1 saturated heterocycles. The number of urea groups is 1. The van der Waals surface area contributed by atoms with Gasteiger partial charge in [-0.25, -0.2) is 9.18 Å². The number of halogens is 3. The molecule has 0 radical (unpaired) electrons. The molecular weight excluding hydrogens is 546 g/mol. The third-order valence-corrected chi connectivity index (χ3v) is 9.09. The fourth-order valence-corrected chi connectivity index (χ4v) is 6.60. The average Bonchev–Trinajstić information content (AvgIpc) is 3.38. The Hall–Kier alpha value is -2.65. The molecule has 2 aliphatic heterocycles. The van der Waals surface area contributed by atoms with Crippen LogP contribution in [0.3, 0.4) is 0 Å². The van der Waals surface area contributed by atoms with Gasteiger partial charge in [-0.2, -0.15) is 0 Å². The third-order valence-electron chi connectivity index (χ3n) is 7.28. The Kier molecular flexibility index (Phi) is 8.23. The first kappa shape index (κ1) is 26.9. The Morgan fingerprint density at radius 1 is 1.11 bits per heavy atom. The molecule has 6 nitrogen and oxygen atoms in total. The first-order chi connectivity index (χ1) is 18.3. The molecule has 0 spiro atoms. The molecule has 0 unspecified atom stereocenters. The van der Waals surface area contributed by atoms with Gasteiger partial charge in [0.05, 0.1) is 21.8 Å². The van der Waals surface area contributed by atoms with Crippen molar-refractivity contribution < 1.29 is 14.0 Å². The van der Waals surface area contributed by atoms with Crippen molar-refractivity contribution in [1.29, 1.82) is 0 Å². The predicted octanol–water partition coefficient (Wildman–Crippen LogP) is 6.30. The number of benzene rings is 2. The Morgan fingerprint density at radius 3 is 2.71 bits per heavy atom. The molecule has 5 rings (SSSR count). The van der Waals surface area contributed by atoms with Crippen LogP contribution in [0.4, 0.5) is 14.9 Å². The van der Waals surface area contributed by atoms with Crippen molar-refractivity contribution >= 4 is 52.2 Å². The van der Waals surface area contributed by atoms with Gasteiger partial charge in [-0.15, -0.1) is 11.3 Å². The number of carbonyl (C=O) groups is 2. The molecule has 1 fully saturated rings. The first-order valence-corrected chi connectivity index (χ1v) is 14.3. The highest BCUT2D eigenvalue weighted by Crippen LogP contribution is 2.38. The number of amides is 3. The minimum absolute atomic E-state index is 0.0592. The van der Waals surface area contributed by atoms with Crippen LogP contribution < -0.4 is 5.32 Å². The Labute approximate surface area is 235 Å². The molecule has 0 aliphatic carbocycles. The van der Waals surface area contributed by atoms with Crippen molar-refractivity contribution in [1.82, 2.24) is 14.7 Å². The summed E-state index contributed by atoms with van der Waals surface area (Å²) < 4.78 is 14.1. The molecule has 3 amide bonds. The molecule has 2 aromatic carbocycles. The van der Waals surface area contributed by atoms with Crippen molar-refractivity contribution in [2.75, 3.05) is 38.0 Å². The van der Waals surface area contributed by atoms with Crippen LogP contribution in [-0.4, -0.2) is 65.4 Å². The first-order valence-electron chi connectivity index (χ1n) is 12.7. The maximum atomic E-state index is 14.1. The van der Waals surface area contributed by atoms with E-state index in [1.54, 1.807) is 46.6 Å². The zero-order valence-corrected chi connectivity index (χ0v) is 23.3. The standard InChI is InChI=1S/C28H29Cl2FN4O2S/c1-18-17-34(13-14-35(18)28(37)32-23-7-3-6-22(29)26(23)30)25(36)9-12-33-11-8-24-21(10-15-38-24)27(33)19-4-2-5-20(31)16-19/h2-7,10,15-16,18,27H,8-9,11-14,17H2,1H3,(H,32,37)/t18-,27+/m1/s1. The van der Waals surface area contributed by atoms with Crippen molar-refractivity contribution in [2.24, 2.45) is 0 Å². The van der Waals surface area contributed by atoms with Crippen LogP contribution in [0.1, 0.15) is 35.4 Å². The quantitative estimate of drug-likeness (QED) is 0.389. The van der Waals surface area contributed by atoms with Crippen LogP contribution in [0.5, 0.6) is 0 Å². The van der Waals surface area contributed by atoms with Crippen LogP contribution in [0.25, 0.3) is 0 Å². The smallest absolute Gasteiger partial charge is 0.322 e. The second-order valence-electron chi connectivity index (χ2n) is 9.71. The SMILES string of the molecule is C[C@@H]1CN(C(=O)CCN2CCc3sccc3[C@@H]2c2cccc(F)c2)CCN1C(=O)Nc1cccc(Cl)c1Cl. The predicted molar refractivity (Wildman–Crippen MR) is 151 cm³/mol. The highest BCUT2D eigenvalue weighted by Gasteiger charge is 2.33. The summed E-state index contributed by atoms with van der Waals surface area (Å²) in [6.45, 7) is 4.67. The lowest BCUT2D eigenvalue weighted by molar-refractivity contribution is -0.134. The number of piperazine rings is 1. The van der Waals surface area contributed by atoms with Crippen molar-refractivity contribution in [3.8, 4) is 0 Å². The van der Waals surface area contributed by atoms with E-state index in [-0.39, 0.29) is 29.8 Å². The van der Waals surface area contributed by atoms with Gasteiger partial charge in [0.1, 0.15) is 5.82 Å². The number of anilines is 1. The lowest BCUT2D eigenvalue weighted by Gasteiger charge is -2.40. The van der Waals surface area contributed by atoms with Crippen molar-refractivity contribution in [2.45, 2.75) is 31.8 Å². The topological polar surface area (TPSA) is 55.9 Å². The van der Waals surface area contributed by atoms with Crippen molar-refractivity contribution in [3.05, 3.63) is 85.8 Å². The third kappa shape index (κ3) is 5.69. The molecule has 3 heterocycles. The van der Waals surface area contributed by atoms with Gasteiger partial charge in [0.15, 0.2) is 0 Å². The van der Waals surface area contributed by atoms with E-state index in [1.165, 1.54) is 16.5 Å². The van der Waals surface area contributed by atoms with Gasteiger partial charge in [0.2, 0.25) is 5.91 Å². The van der Waals surface area contributed by atoms with Crippen LogP contribution in [0, 0.1) is 5.82 Å². The Bertz CT molecular complexity index is 1340. The molecule has 0 bridgehead atoms. The summed E-state index contributed by atoms with van der Waals surface area (Å²) in [5, 5.41) is 5.59. The van der Waals surface area contributed by atoms with E-state index in [4.69, 9.17) is 23.2 Å².